The van der Waals surface area contributed by atoms with Gasteiger partial charge in [0.05, 0.1) is 4.92 Å². The molecule has 0 atom stereocenters. The quantitative estimate of drug-likeness (QED) is 0.481. The number of ketones is 1. The number of nitro groups is 1. The van der Waals surface area contributed by atoms with Gasteiger partial charge in [0.1, 0.15) is 5.69 Å². The molecule has 126 valence electrons. The molecular formula is C16H18N4O3S. The van der Waals surface area contributed by atoms with Crippen LogP contribution in [0.4, 0.5) is 16.5 Å². The largest absolute Gasteiger partial charge is 0.364 e. The highest BCUT2D eigenvalue weighted by atomic mass is 32.1. The number of carbonyl (C=O) groups is 1. The molecule has 1 aliphatic heterocycles. The molecule has 3 rings (SSSR count). The van der Waals surface area contributed by atoms with E-state index in [4.69, 9.17) is 0 Å². The molecular weight excluding hydrogens is 328 g/mol. The van der Waals surface area contributed by atoms with Gasteiger partial charge in [0, 0.05) is 49.4 Å². The molecule has 0 bridgehead atoms. The van der Waals surface area contributed by atoms with Gasteiger partial charge in [-0.3, -0.25) is 14.9 Å². The highest BCUT2D eigenvalue weighted by Crippen LogP contribution is 2.31. The predicted molar refractivity (Wildman–Crippen MR) is 94.3 cm³/mol. The van der Waals surface area contributed by atoms with Crippen molar-refractivity contribution < 1.29 is 9.72 Å². The molecule has 24 heavy (non-hydrogen) atoms. The van der Waals surface area contributed by atoms with Gasteiger partial charge in [-0.15, -0.1) is 11.3 Å². The molecule has 7 nitrogen and oxygen atoms in total. The SMILES string of the molecule is CC(=O)c1ccc(N2CCCN(c3nccs3)CC2)c([N+](=O)[O-])c1. The lowest BCUT2D eigenvalue weighted by atomic mass is 10.1. The topological polar surface area (TPSA) is 79.6 Å². The van der Waals surface area contributed by atoms with Crippen molar-refractivity contribution in [3.63, 3.8) is 0 Å². The molecule has 1 aromatic heterocycles. The second kappa shape index (κ2) is 6.96. The van der Waals surface area contributed by atoms with E-state index in [9.17, 15) is 14.9 Å². The Bertz CT molecular complexity index is 748. The molecule has 1 aliphatic rings. The van der Waals surface area contributed by atoms with Gasteiger partial charge < -0.3 is 9.80 Å². The lowest BCUT2D eigenvalue weighted by Crippen LogP contribution is -2.31. The van der Waals surface area contributed by atoms with Crippen LogP contribution in [-0.2, 0) is 0 Å². The second-order valence-electron chi connectivity index (χ2n) is 5.66. The molecule has 1 fully saturated rings. The van der Waals surface area contributed by atoms with Gasteiger partial charge in [0.25, 0.3) is 5.69 Å². The van der Waals surface area contributed by atoms with Crippen LogP contribution < -0.4 is 9.80 Å². The number of thiazole rings is 1. The Balaban J connectivity index is 1.83. The summed E-state index contributed by atoms with van der Waals surface area (Å²) >= 11 is 1.60. The molecule has 0 amide bonds. The zero-order chi connectivity index (χ0) is 17.1. The number of aromatic nitrogens is 1. The highest BCUT2D eigenvalue weighted by Gasteiger charge is 2.24. The number of anilines is 2. The molecule has 0 N–H and O–H groups in total. The zero-order valence-electron chi connectivity index (χ0n) is 13.3. The van der Waals surface area contributed by atoms with E-state index in [0.717, 1.165) is 31.2 Å². The number of Topliss-reactive ketones (excluding diaryl/α,β-unsaturated/α-hetero) is 1. The smallest absolute Gasteiger partial charge is 0.293 e. The lowest BCUT2D eigenvalue weighted by Gasteiger charge is -2.23. The van der Waals surface area contributed by atoms with E-state index < -0.39 is 4.92 Å². The van der Waals surface area contributed by atoms with Gasteiger partial charge in [-0.05, 0) is 25.5 Å². The number of hydrogen-bond acceptors (Lipinski definition) is 7. The Morgan fingerprint density at radius 3 is 2.67 bits per heavy atom. The van der Waals surface area contributed by atoms with E-state index in [1.165, 1.54) is 13.0 Å². The molecule has 0 aliphatic carbocycles. The summed E-state index contributed by atoms with van der Waals surface area (Å²) in [7, 11) is 0. The van der Waals surface area contributed by atoms with Gasteiger partial charge >= 0.3 is 0 Å². The maximum absolute atomic E-state index is 11.5. The van der Waals surface area contributed by atoms with Gasteiger partial charge in [0.15, 0.2) is 10.9 Å². The fraction of sp³-hybridized carbons (Fsp3) is 0.375. The Labute approximate surface area is 143 Å². The molecule has 1 saturated heterocycles. The number of benzene rings is 1. The van der Waals surface area contributed by atoms with E-state index in [1.807, 2.05) is 10.3 Å². The highest BCUT2D eigenvalue weighted by molar-refractivity contribution is 7.13. The average molecular weight is 346 g/mol. The van der Waals surface area contributed by atoms with E-state index in [-0.39, 0.29) is 11.5 Å². The van der Waals surface area contributed by atoms with Crippen molar-refractivity contribution in [3.8, 4) is 0 Å². The zero-order valence-corrected chi connectivity index (χ0v) is 14.2. The van der Waals surface area contributed by atoms with E-state index in [2.05, 4.69) is 9.88 Å². The summed E-state index contributed by atoms with van der Waals surface area (Å²) < 4.78 is 0. The predicted octanol–water partition coefficient (Wildman–Crippen LogP) is 2.97. The van der Waals surface area contributed by atoms with E-state index >= 15 is 0 Å². The first kappa shape index (κ1) is 16.4. The Morgan fingerprint density at radius 1 is 1.25 bits per heavy atom. The molecule has 2 aromatic rings. The van der Waals surface area contributed by atoms with Crippen LogP contribution in [0.15, 0.2) is 29.8 Å². The Hall–Kier alpha value is -2.48. The monoisotopic (exact) mass is 346 g/mol. The van der Waals surface area contributed by atoms with Crippen molar-refractivity contribution in [1.82, 2.24) is 4.98 Å². The van der Waals surface area contributed by atoms with Crippen LogP contribution in [0, 0.1) is 10.1 Å². The van der Waals surface area contributed by atoms with Crippen molar-refractivity contribution in [2.45, 2.75) is 13.3 Å². The van der Waals surface area contributed by atoms with Gasteiger partial charge in [-0.25, -0.2) is 4.98 Å². The number of rotatable bonds is 4. The summed E-state index contributed by atoms with van der Waals surface area (Å²) in [5.74, 6) is -0.171. The molecule has 0 unspecified atom stereocenters. The van der Waals surface area contributed by atoms with Crippen molar-refractivity contribution in [2.24, 2.45) is 0 Å². The van der Waals surface area contributed by atoms with Crippen LogP contribution in [0.25, 0.3) is 0 Å². The lowest BCUT2D eigenvalue weighted by molar-refractivity contribution is -0.384. The molecule has 0 radical (unpaired) electrons. The first-order valence-electron chi connectivity index (χ1n) is 7.75. The first-order valence-corrected chi connectivity index (χ1v) is 8.63. The number of nitro benzene ring substituents is 1. The van der Waals surface area contributed by atoms with Gasteiger partial charge in [0.2, 0.25) is 0 Å². The van der Waals surface area contributed by atoms with Crippen molar-refractivity contribution in [2.75, 3.05) is 36.0 Å². The minimum Gasteiger partial charge on any atom is -0.364 e. The van der Waals surface area contributed by atoms with Crippen molar-refractivity contribution >= 4 is 33.6 Å². The molecule has 0 saturated carbocycles. The molecule has 2 heterocycles. The van der Waals surface area contributed by atoms with Crippen molar-refractivity contribution in [3.05, 3.63) is 45.5 Å². The number of hydrogen-bond donors (Lipinski definition) is 0. The van der Waals surface area contributed by atoms with E-state index in [0.29, 0.717) is 17.8 Å². The van der Waals surface area contributed by atoms with Crippen LogP contribution in [-0.4, -0.2) is 41.9 Å². The van der Waals surface area contributed by atoms with Crippen LogP contribution in [0.2, 0.25) is 0 Å². The summed E-state index contributed by atoms with van der Waals surface area (Å²) in [6.07, 6.45) is 2.68. The molecule has 1 aromatic carbocycles. The minimum absolute atomic E-state index is 0.00889. The Morgan fingerprint density at radius 2 is 2.00 bits per heavy atom. The number of nitrogens with zero attached hydrogens (tertiary/aromatic N) is 4. The number of carbonyl (C=O) groups excluding carboxylic acids is 1. The van der Waals surface area contributed by atoms with E-state index in [1.54, 1.807) is 29.7 Å². The van der Waals surface area contributed by atoms with Crippen molar-refractivity contribution in [1.29, 1.82) is 0 Å². The third-order valence-corrected chi connectivity index (χ3v) is 4.94. The molecule has 0 spiro atoms. The van der Waals surface area contributed by atoms with Crippen LogP contribution >= 0.6 is 11.3 Å². The summed E-state index contributed by atoms with van der Waals surface area (Å²) in [6.45, 7) is 4.47. The second-order valence-corrected chi connectivity index (χ2v) is 6.53. The van der Waals surface area contributed by atoms with Crippen LogP contribution in [0.3, 0.4) is 0 Å². The van der Waals surface area contributed by atoms with Crippen LogP contribution in [0.5, 0.6) is 0 Å². The average Bonchev–Trinajstić information content (AvgIpc) is 2.99. The summed E-state index contributed by atoms with van der Waals surface area (Å²) in [4.78, 5) is 31.1. The fourth-order valence-corrected chi connectivity index (χ4v) is 3.57. The van der Waals surface area contributed by atoms with Gasteiger partial charge in [-0.1, -0.05) is 0 Å². The maximum atomic E-state index is 11.5. The third-order valence-electron chi connectivity index (χ3n) is 4.11. The summed E-state index contributed by atoms with van der Waals surface area (Å²) in [6, 6.07) is 4.73. The normalized spacial score (nSPS) is 15.2. The summed E-state index contributed by atoms with van der Waals surface area (Å²) in [5, 5.41) is 14.4. The maximum Gasteiger partial charge on any atom is 0.293 e. The van der Waals surface area contributed by atoms with Crippen LogP contribution in [0.1, 0.15) is 23.7 Å². The Kier molecular flexibility index (Phi) is 4.75. The molecule has 8 heteroatoms. The minimum atomic E-state index is -0.411. The van der Waals surface area contributed by atoms with Gasteiger partial charge in [-0.2, -0.15) is 0 Å². The summed E-state index contributed by atoms with van der Waals surface area (Å²) in [5.41, 5.74) is 0.932. The third kappa shape index (κ3) is 3.38. The fourth-order valence-electron chi connectivity index (χ4n) is 2.88. The first-order chi connectivity index (χ1) is 11.6. The standard InChI is InChI=1S/C16H18N4O3S/c1-12(21)13-3-4-14(15(11-13)20(22)23)18-6-2-7-19(9-8-18)16-17-5-10-24-16/h3-5,10-11H,2,6-9H2,1H3.